The fourth-order valence-corrected chi connectivity index (χ4v) is 2.30. The van der Waals surface area contributed by atoms with Gasteiger partial charge in [0.15, 0.2) is 0 Å². The predicted molar refractivity (Wildman–Crippen MR) is 67.0 cm³/mol. The van der Waals surface area contributed by atoms with E-state index in [0.29, 0.717) is 18.4 Å². The van der Waals surface area contributed by atoms with Crippen LogP contribution < -0.4 is 5.73 Å². The van der Waals surface area contributed by atoms with Crippen molar-refractivity contribution in [3.05, 3.63) is 29.6 Å². The van der Waals surface area contributed by atoms with Crippen LogP contribution in [-0.4, -0.2) is 6.10 Å². The summed E-state index contributed by atoms with van der Waals surface area (Å²) in [4.78, 5) is 0. The summed E-state index contributed by atoms with van der Waals surface area (Å²) in [5.41, 5.74) is 7.10. The molecule has 1 aromatic rings. The standard InChI is InChI=1S/C14H20FNO/c1-10-2-6-13(7-3-10)17-9-11-4-5-12(15)8-14(11)16/h4-5,8,10,13H,2-3,6-7,9,16H2,1H3. The van der Waals surface area contributed by atoms with E-state index in [1.165, 1.54) is 25.0 Å². The summed E-state index contributed by atoms with van der Waals surface area (Å²) in [6.45, 7) is 2.78. The Labute approximate surface area is 102 Å². The molecule has 1 saturated carbocycles. The summed E-state index contributed by atoms with van der Waals surface area (Å²) >= 11 is 0. The number of ether oxygens (including phenoxy) is 1. The van der Waals surface area contributed by atoms with Crippen LogP contribution in [0, 0.1) is 11.7 Å². The van der Waals surface area contributed by atoms with Crippen LogP contribution in [0.1, 0.15) is 38.2 Å². The third-order valence-electron chi connectivity index (χ3n) is 3.55. The summed E-state index contributed by atoms with van der Waals surface area (Å²) in [5.74, 6) is 0.531. The second kappa shape index (κ2) is 5.50. The molecule has 1 aliphatic carbocycles. The van der Waals surface area contributed by atoms with Gasteiger partial charge in [-0.1, -0.05) is 13.0 Å². The van der Waals surface area contributed by atoms with Crippen molar-refractivity contribution in [1.29, 1.82) is 0 Å². The molecule has 0 aromatic heterocycles. The minimum atomic E-state index is -0.294. The fourth-order valence-electron chi connectivity index (χ4n) is 2.30. The molecule has 0 amide bonds. The van der Waals surface area contributed by atoms with E-state index in [4.69, 9.17) is 10.5 Å². The predicted octanol–water partition coefficient (Wildman–Crippen LogP) is 3.50. The molecule has 1 aliphatic rings. The Morgan fingerprint density at radius 2 is 2.00 bits per heavy atom. The lowest BCUT2D eigenvalue weighted by atomic mass is 9.89. The van der Waals surface area contributed by atoms with Gasteiger partial charge >= 0.3 is 0 Å². The summed E-state index contributed by atoms with van der Waals surface area (Å²) in [6, 6.07) is 4.48. The van der Waals surface area contributed by atoms with Crippen molar-refractivity contribution in [2.24, 2.45) is 5.92 Å². The van der Waals surface area contributed by atoms with Gasteiger partial charge in [-0.2, -0.15) is 0 Å². The van der Waals surface area contributed by atoms with Crippen LogP contribution in [0.3, 0.4) is 0 Å². The van der Waals surface area contributed by atoms with Gasteiger partial charge in [0.1, 0.15) is 5.82 Å². The Kier molecular flexibility index (Phi) is 4.00. The SMILES string of the molecule is CC1CCC(OCc2ccc(F)cc2N)CC1. The highest BCUT2D eigenvalue weighted by atomic mass is 19.1. The first-order chi connectivity index (χ1) is 8.15. The van der Waals surface area contributed by atoms with Gasteiger partial charge in [0.05, 0.1) is 12.7 Å². The van der Waals surface area contributed by atoms with Gasteiger partial charge < -0.3 is 10.5 Å². The Hall–Kier alpha value is -1.09. The number of hydrogen-bond donors (Lipinski definition) is 1. The van der Waals surface area contributed by atoms with Crippen LogP contribution in [0.15, 0.2) is 18.2 Å². The third-order valence-corrected chi connectivity index (χ3v) is 3.55. The van der Waals surface area contributed by atoms with E-state index in [-0.39, 0.29) is 5.82 Å². The molecule has 0 bridgehead atoms. The van der Waals surface area contributed by atoms with Crippen molar-refractivity contribution >= 4 is 5.69 Å². The zero-order valence-electron chi connectivity index (χ0n) is 10.3. The Balaban J connectivity index is 1.85. The molecular formula is C14H20FNO. The molecule has 1 fully saturated rings. The molecule has 0 heterocycles. The minimum absolute atomic E-state index is 0.294. The zero-order chi connectivity index (χ0) is 12.3. The molecule has 0 unspecified atom stereocenters. The van der Waals surface area contributed by atoms with Gasteiger partial charge in [0, 0.05) is 11.3 Å². The Morgan fingerprint density at radius 3 is 2.65 bits per heavy atom. The van der Waals surface area contributed by atoms with Gasteiger partial charge in [0.2, 0.25) is 0 Å². The number of benzene rings is 1. The third kappa shape index (κ3) is 3.43. The number of hydrogen-bond acceptors (Lipinski definition) is 2. The lowest BCUT2D eigenvalue weighted by Gasteiger charge is -2.26. The normalized spacial score (nSPS) is 24.8. The molecule has 0 aliphatic heterocycles. The lowest BCUT2D eigenvalue weighted by molar-refractivity contribution is 0.00901. The smallest absolute Gasteiger partial charge is 0.125 e. The Bertz CT molecular complexity index is 372. The van der Waals surface area contributed by atoms with Crippen LogP contribution in [0.25, 0.3) is 0 Å². The largest absolute Gasteiger partial charge is 0.398 e. The average molecular weight is 237 g/mol. The zero-order valence-corrected chi connectivity index (χ0v) is 10.3. The molecule has 3 heteroatoms. The maximum atomic E-state index is 12.9. The molecule has 94 valence electrons. The highest BCUT2D eigenvalue weighted by Gasteiger charge is 2.18. The monoisotopic (exact) mass is 237 g/mol. The Morgan fingerprint density at radius 1 is 1.29 bits per heavy atom. The minimum Gasteiger partial charge on any atom is -0.398 e. The molecule has 1 aromatic carbocycles. The highest BCUT2D eigenvalue weighted by Crippen LogP contribution is 2.26. The summed E-state index contributed by atoms with van der Waals surface area (Å²) in [7, 11) is 0. The van der Waals surface area contributed by atoms with Gasteiger partial charge in [-0.3, -0.25) is 0 Å². The number of halogens is 1. The molecule has 0 radical (unpaired) electrons. The molecule has 0 saturated heterocycles. The topological polar surface area (TPSA) is 35.2 Å². The molecule has 17 heavy (non-hydrogen) atoms. The van der Waals surface area contributed by atoms with Crippen LogP contribution in [0.2, 0.25) is 0 Å². The van der Waals surface area contributed by atoms with E-state index in [9.17, 15) is 4.39 Å². The van der Waals surface area contributed by atoms with Gasteiger partial charge in [-0.25, -0.2) is 4.39 Å². The molecular weight excluding hydrogens is 217 g/mol. The molecule has 0 atom stereocenters. The van der Waals surface area contributed by atoms with E-state index in [1.807, 2.05) is 0 Å². The van der Waals surface area contributed by atoms with E-state index in [2.05, 4.69) is 6.92 Å². The first-order valence-corrected chi connectivity index (χ1v) is 6.30. The van der Waals surface area contributed by atoms with Crippen LogP contribution in [0.4, 0.5) is 10.1 Å². The summed E-state index contributed by atoms with van der Waals surface area (Å²) in [6.07, 6.45) is 5.08. The molecule has 2 nitrogen and oxygen atoms in total. The highest BCUT2D eigenvalue weighted by molar-refractivity contribution is 5.46. The van der Waals surface area contributed by atoms with Crippen LogP contribution >= 0.6 is 0 Å². The van der Waals surface area contributed by atoms with Crippen molar-refractivity contribution in [3.63, 3.8) is 0 Å². The number of rotatable bonds is 3. The number of nitrogens with two attached hydrogens (primary N) is 1. The fraction of sp³-hybridized carbons (Fsp3) is 0.571. The van der Waals surface area contributed by atoms with Crippen LogP contribution in [0.5, 0.6) is 0 Å². The van der Waals surface area contributed by atoms with E-state index < -0.39 is 0 Å². The van der Waals surface area contributed by atoms with Gasteiger partial charge in [0.25, 0.3) is 0 Å². The van der Waals surface area contributed by atoms with Crippen molar-refractivity contribution < 1.29 is 9.13 Å². The van der Waals surface area contributed by atoms with E-state index >= 15 is 0 Å². The average Bonchev–Trinajstić information content (AvgIpc) is 2.30. The van der Waals surface area contributed by atoms with Crippen molar-refractivity contribution in [1.82, 2.24) is 0 Å². The van der Waals surface area contributed by atoms with E-state index in [0.717, 1.165) is 24.3 Å². The van der Waals surface area contributed by atoms with Crippen molar-refractivity contribution in [2.75, 3.05) is 5.73 Å². The van der Waals surface area contributed by atoms with E-state index in [1.54, 1.807) is 6.07 Å². The lowest BCUT2D eigenvalue weighted by Crippen LogP contribution is -2.20. The second-order valence-corrected chi connectivity index (χ2v) is 5.04. The quantitative estimate of drug-likeness (QED) is 0.816. The maximum Gasteiger partial charge on any atom is 0.125 e. The summed E-state index contributed by atoms with van der Waals surface area (Å²) < 4.78 is 18.7. The first-order valence-electron chi connectivity index (χ1n) is 6.30. The van der Waals surface area contributed by atoms with Crippen molar-refractivity contribution in [3.8, 4) is 0 Å². The van der Waals surface area contributed by atoms with Gasteiger partial charge in [-0.15, -0.1) is 0 Å². The van der Waals surface area contributed by atoms with Crippen molar-refractivity contribution in [2.45, 2.75) is 45.3 Å². The molecule has 2 rings (SSSR count). The molecule has 0 spiro atoms. The van der Waals surface area contributed by atoms with Gasteiger partial charge in [-0.05, 0) is 43.7 Å². The number of anilines is 1. The second-order valence-electron chi connectivity index (χ2n) is 5.04. The maximum absolute atomic E-state index is 12.9. The van der Waals surface area contributed by atoms with Crippen LogP contribution in [-0.2, 0) is 11.3 Å². The summed E-state index contributed by atoms with van der Waals surface area (Å²) in [5, 5.41) is 0. The number of nitrogen functional groups attached to an aromatic ring is 1. The first kappa shape index (κ1) is 12.4. The molecule has 2 N–H and O–H groups in total.